The van der Waals surface area contributed by atoms with Crippen molar-refractivity contribution in [2.75, 3.05) is 10.6 Å². The second-order valence-electron chi connectivity index (χ2n) is 5.55. The Morgan fingerprint density at radius 2 is 1.68 bits per heavy atom. The van der Waals surface area contributed by atoms with Gasteiger partial charge in [-0.1, -0.05) is 44.2 Å². The average molecular weight is 298 g/mol. The summed E-state index contributed by atoms with van der Waals surface area (Å²) in [5.74, 6) is -0.0293. The Bertz CT molecular complexity index is 621. The largest absolute Gasteiger partial charge is 0.392 e. The number of anilines is 2. The molecule has 22 heavy (non-hydrogen) atoms. The number of nitrogens with one attached hydrogen (secondary N) is 2. The van der Waals surface area contributed by atoms with Gasteiger partial charge in [0.05, 0.1) is 6.61 Å². The summed E-state index contributed by atoms with van der Waals surface area (Å²) in [6, 6.07) is 15.5. The van der Waals surface area contributed by atoms with Crippen molar-refractivity contribution in [2.24, 2.45) is 5.92 Å². The summed E-state index contributed by atoms with van der Waals surface area (Å²) < 4.78 is 0. The van der Waals surface area contributed by atoms with E-state index in [9.17, 15) is 4.79 Å². The highest BCUT2D eigenvalue weighted by molar-refractivity contribution is 5.92. The van der Waals surface area contributed by atoms with Gasteiger partial charge in [0.2, 0.25) is 5.91 Å². The predicted molar refractivity (Wildman–Crippen MR) is 89.6 cm³/mol. The molecular weight excluding hydrogens is 276 g/mol. The lowest BCUT2D eigenvalue weighted by atomic mass is 10.1. The van der Waals surface area contributed by atoms with Gasteiger partial charge in [-0.05, 0) is 29.3 Å². The Balaban J connectivity index is 1.96. The Kier molecular flexibility index (Phi) is 5.55. The number of aliphatic hydroxyl groups excluding tert-OH is 1. The van der Waals surface area contributed by atoms with Gasteiger partial charge in [-0.15, -0.1) is 0 Å². The zero-order valence-corrected chi connectivity index (χ0v) is 13.0. The number of rotatable bonds is 6. The molecule has 0 bridgehead atoms. The molecule has 0 aliphatic carbocycles. The van der Waals surface area contributed by atoms with E-state index < -0.39 is 0 Å². The van der Waals surface area contributed by atoms with E-state index >= 15 is 0 Å². The number of hydrogen-bond acceptors (Lipinski definition) is 3. The minimum absolute atomic E-state index is 0.0109. The molecule has 0 atom stereocenters. The molecule has 0 aliphatic heterocycles. The molecule has 0 radical (unpaired) electrons. The third-order valence-electron chi connectivity index (χ3n) is 3.36. The summed E-state index contributed by atoms with van der Waals surface area (Å²) in [7, 11) is 0. The van der Waals surface area contributed by atoms with Crippen molar-refractivity contribution in [3.8, 4) is 0 Å². The van der Waals surface area contributed by atoms with E-state index in [0.29, 0.717) is 6.54 Å². The molecular formula is C18H22N2O2. The molecule has 0 heterocycles. The van der Waals surface area contributed by atoms with Crippen LogP contribution in [0.5, 0.6) is 0 Å². The first-order valence-electron chi connectivity index (χ1n) is 7.42. The maximum Gasteiger partial charge on any atom is 0.226 e. The normalized spacial score (nSPS) is 10.5. The maximum absolute atomic E-state index is 11.7. The van der Waals surface area contributed by atoms with Crippen LogP contribution >= 0.6 is 0 Å². The summed E-state index contributed by atoms with van der Waals surface area (Å²) in [5, 5.41) is 15.2. The van der Waals surface area contributed by atoms with Crippen LogP contribution in [0, 0.1) is 5.92 Å². The van der Waals surface area contributed by atoms with Crippen molar-refractivity contribution < 1.29 is 9.90 Å². The van der Waals surface area contributed by atoms with E-state index in [1.54, 1.807) is 0 Å². The van der Waals surface area contributed by atoms with Crippen LogP contribution in [0.4, 0.5) is 11.4 Å². The summed E-state index contributed by atoms with van der Waals surface area (Å²) in [6.07, 6.45) is 0. The SMILES string of the molecule is CC(C)C(=O)Nc1cccc(NCc2ccc(CO)cc2)c1. The molecule has 1 amide bonds. The Morgan fingerprint density at radius 1 is 1.05 bits per heavy atom. The van der Waals surface area contributed by atoms with E-state index in [1.165, 1.54) is 0 Å². The first-order valence-corrected chi connectivity index (χ1v) is 7.42. The smallest absolute Gasteiger partial charge is 0.226 e. The van der Waals surface area contributed by atoms with Gasteiger partial charge in [0.15, 0.2) is 0 Å². The van der Waals surface area contributed by atoms with Gasteiger partial charge in [-0.3, -0.25) is 4.79 Å². The average Bonchev–Trinajstić information content (AvgIpc) is 2.53. The molecule has 0 aliphatic rings. The van der Waals surface area contributed by atoms with E-state index in [4.69, 9.17) is 5.11 Å². The van der Waals surface area contributed by atoms with Gasteiger partial charge < -0.3 is 15.7 Å². The van der Waals surface area contributed by atoms with Crippen molar-refractivity contribution in [1.82, 2.24) is 0 Å². The zero-order valence-electron chi connectivity index (χ0n) is 13.0. The highest BCUT2D eigenvalue weighted by atomic mass is 16.3. The molecule has 4 nitrogen and oxygen atoms in total. The third kappa shape index (κ3) is 4.60. The Hall–Kier alpha value is -2.33. The van der Waals surface area contributed by atoms with Crippen molar-refractivity contribution >= 4 is 17.3 Å². The molecule has 2 rings (SSSR count). The molecule has 116 valence electrons. The fourth-order valence-electron chi connectivity index (χ4n) is 1.96. The number of hydrogen-bond donors (Lipinski definition) is 3. The molecule has 0 saturated heterocycles. The fourth-order valence-corrected chi connectivity index (χ4v) is 1.96. The number of carbonyl (C=O) groups is 1. The first kappa shape index (κ1) is 16.0. The number of benzene rings is 2. The molecule has 3 N–H and O–H groups in total. The lowest BCUT2D eigenvalue weighted by Gasteiger charge is -2.11. The van der Waals surface area contributed by atoms with Crippen molar-refractivity contribution in [3.63, 3.8) is 0 Å². The molecule has 2 aromatic rings. The highest BCUT2D eigenvalue weighted by Crippen LogP contribution is 2.17. The van der Waals surface area contributed by atoms with Crippen LogP contribution in [0.15, 0.2) is 48.5 Å². The van der Waals surface area contributed by atoms with Crippen molar-refractivity contribution in [1.29, 1.82) is 0 Å². The van der Waals surface area contributed by atoms with E-state index in [0.717, 1.165) is 22.5 Å². The number of amides is 1. The van der Waals surface area contributed by atoms with Crippen LogP contribution in [-0.2, 0) is 17.9 Å². The fraction of sp³-hybridized carbons (Fsp3) is 0.278. The van der Waals surface area contributed by atoms with Crippen LogP contribution in [-0.4, -0.2) is 11.0 Å². The molecule has 0 unspecified atom stereocenters. The van der Waals surface area contributed by atoms with E-state index in [2.05, 4.69) is 10.6 Å². The predicted octanol–water partition coefficient (Wildman–Crippen LogP) is 3.39. The zero-order chi connectivity index (χ0) is 15.9. The van der Waals surface area contributed by atoms with Crippen LogP contribution in [0.25, 0.3) is 0 Å². The topological polar surface area (TPSA) is 61.4 Å². The second-order valence-corrected chi connectivity index (χ2v) is 5.55. The third-order valence-corrected chi connectivity index (χ3v) is 3.36. The molecule has 0 saturated carbocycles. The molecule has 2 aromatic carbocycles. The summed E-state index contributed by atoms with van der Waals surface area (Å²) in [6.45, 7) is 4.49. The van der Waals surface area contributed by atoms with Gasteiger partial charge in [0.25, 0.3) is 0 Å². The molecule has 4 heteroatoms. The lowest BCUT2D eigenvalue weighted by molar-refractivity contribution is -0.118. The van der Waals surface area contributed by atoms with Crippen molar-refractivity contribution in [3.05, 3.63) is 59.7 Å². The minimum atomic E-state index is -0.0401. The van der Waals surface area contributed by atoms with E-state index in [1.807, 2.05) is 62.4 Å². The number of carbonyl (C=O) groups excluding carboxylic acids is 1. The molecule has 0 spiro atoms. The monoisotopic (exact) mass is 298 g/mol. The number of aliphatic hydroxyl groups is 1. The minimum Gasteiger partial charge on any atom is -0.392 e. The van der Waals surface area contributed by atoms with Crippen LogP contribution in [0.3, 0.4) is 0 Å². The van der Waals surface area contributed by atoms with Gasteiger partial charge in [0, 0.05) is 23.8 Å². The molecule has 0 fully saturated rings. The quantitative estimate of drug-likeness (QED) is 0.766. The summed E-state index contributed by atoms with van der Waals surface area (Å²) in [5.41, 5.74) is 3.78. The van der Waals surface area contributed by atoms with Gasteiger partial charge in [-0.2, -0.15) is 0 Å². The van der Waals surface area contributed by atoms with Crippen LogP contribution in [0.2, 0.25) is 0 Å². The molecule has 0 aromatic heterocycles. The summed E-state index contributed by atoms with van der Waals surface area (Å²) in [4.78, 5) is 11.7. The van der Waals surface area contributed by atoms with Gasteiger partial charge in [-0.25, -0.2) is 0 Å². The van der Waals surface area contributed by atoms with Crippen LogP contribution < -0.4 is 10.6 Å². The Labute approximate surface area is 131 Å². The van der Waals surface area contributed by atoms with Crippen molar-refractivity contribution in [2.45, 2.75) is 27.0 Å². The van der Waals surface area contributed by atoms with Crippen LogP contribution in [0.1, 0.15) is 25.0 Å². The van der Waals surface area contributed by atoms with Gasteiger partial charge in [0.1, 0.15) is 0 Å². The first-order chi connectivity index (χ1) is 10.6. The van der Waals surface area contributed by atoms with Gasteiger partial charge >= 0.3 is 0 Å². The van der Waals surface area contributed by atoms with E-state index in [-0.39, 0.29) is 18.4 Å². The standard InChI is InChI=1S/C18H22N2O2/c1-13(2)18(22)20-17-5-3-4-16(10-17)19-11-14-6-8-15(12-21)9-7-14/h3-10,13,19,21H,11-12H2,1-2H3,(H,20,22). The lowest BCUT2D eigenvalue weighted by Crippen LogP contribution is -2.17. The Morgan fingerprint density at radius 3 is 2.32 bits per heavy atom. The maximum atomic E-state index is 11.7. The highest BCUT2D eigenvalue weighted by Gasteiger charge is 2.07. The summed E-state index contributed by atoms with van der Waals surface area (Å²) >= 11 is 0. The second kappa shape index (κ2) is 7.61.